The average molecular weight is 421 g/mol. The molecule has 0 N–H and O–H groups in total. The second-order valence-corrected chi connectivity index (χ2v) is 8.54. The number of methoxy groups -OCH3 is 1. The van der Waals surface area contributed by atoms with Crippen molar-refractivity contribution in [3.05, 3.63) is 58.1 Å². The van der Waals surface area contributed by atoms with Crippen LogP contribution in [0.25, 0.3) is 0 Å². The highest BCUT2D eigenvalue weighted by atomic mass is 32.2. The van der Waals surface area contributed by atoms with E-state index in [0.717, 1.165) is 17.4 Å². The van der Waals surface area contributed by atoms with Crippen LogP contribution < -0.4 is 9.64 Å². The molecule has 2 aromatic rings. The van der Waals surface area contributed by atoms with Gasteiger partial charge in [0, 0.05) is 38.8 Å². The van der Waals surface area contributed by atoms with Crippen molar-refractivity contribution in [1.82, 2.24) is 4.31 Å². The molecular formula is C19H23N3O6S. The second-order valence-electron chi connectivity index (χ2n) is 6.63. The average Bonchev–Trinajstić information content (AvgIpc) is 2.74. The Morgan fingerprint density at radius 1 is 1.17 bits per heavy atom. The summed E-state index contributed by atoms with van der Waals surface area (Å²) in [5, 5.41) is 11.2. The molecule has 156 valence electrons. The summed E-state index contributed by atoms with van der Waals surface area (Å²) in [5.41, 5.74) is 1.08. The Hall–Kier alpha value is -2.69. The van der Waals surface area contributed by atoms with E-state index in [1.54, 1.807) is 19.1 Å². The van der Waals surface area contributed by atoms with Crippen LogP contribution in [0.5, 0.6) is 5.75 Å². The van der Waals surface area contributed by atoms with Gasteiger partial charge in [-0.2, -0.15) is 4.31 Å². The highest BCUT2D eigenvalue weighted by Crippen LogP contribution is 2.32. The number of benzene rings is 2. The van der Waals surface area contributed by atoms with Crippen LogP contribution >= 0.6 is 0 Å². The number of morpholine rings is 1. The van der Waals surface area contributed by atoms with Crippen molar-refractivity contribution >= 4 is 21.4 Å². The summed E-state index contributed by atoms with van der Waals surface area (Å²) in [6.07, 6.45) is 0. The van der Waals surface area contributed by atoms with Crippen molar-refractivity contribution in [2.45, 2.75) is 11.4 Å². The first kappa shape index (κ1) is 21.0. The maximum Gasteiger partial charge on any atom is 0.270 e. The standard InChI is InChI=1S/C19H23N3O6S/c1-20(14-15-3-6-17(27-2)7-4-15)18-8-5-16(22(23)24)13-19(18)29(25,26)21-9-11-28-12-10-21/h3-8,13H,9-12,14H2,1-2H3. The van der Waals surface area contributed by atoms with Gasteiger partial charge in [0.15, 0.2) is 0 Å². The molecule has 1 aliphatic rings. The lowest BCUT2D eigenvalue weighted by molar-refractivity contribution is -0.385. The molecule has 1 saturated heterocycles. The third-order valence-corrected chi connectivity index (χ3v) is 6.66. The minimum Gasteiger partial charge on any atom is -0.497 e. The van der Waals surface area contributed by atoms with Crippen LogP contribution in [-0.4, -0.2) is 58.1 Å². The van der Waals surface area contributed by atoms with Crippen LogP contribution in [0.2, 0.25) is 0 Å². The van der Waals surface area contributed by atoms with Gasteiger partial charge >= 0.3 is 0 Å². The lowest BCUT2D eigenvalue weighted by Gasteiger charge is -2.29. The number of non-ortho nitro benzene ring substituents is 1. The molecule has 0 saturated carbocycles. The SMILES string of the molecule is COc1ccc(CN(C)c2ccc([N+](=O)[O-])cc2S(=O)(=O)N2CCOCC2)cc1. The minimum atomic E-state index is -3.91. The number of anilines is 1. The Morgan fingerprint density at radius 2 is 1.83 bits per heavy atom. The first-order valence-corrected chi connectivity index (χ1v) is 10.5. The van der Waals surface area contributed by atoms with Crippen molar-refractivity contribution in [3.63, 3.8) is 0 Å². The molecule has 10 heteroatoms. The summed E-state index contributed by atoms with van der Waals surface area (Å²) < 4.78 is 38.1. The van der Waals surface area contributed by atoms with E-state index in [-0.39, 0.29) is 23.7 Å². The molecular weight excluding hydrogens is 398 g/mol. The van der Waals surface area contributed by atoms with E-state index in [9.17, 15) is 18.5 Å². The van der Waals surface area contributed by atoms with Crippen LogP contribution in [0.4, 0.5) is 11.4 Å². The molecule has 3 rings (SSSR count). The molecule has 1 heterocycles. The normalized spacial score (nSPS) is 15.1. The molecule has 0 atom stereocenters. The molecule has 0 unspecified atom stereocenters. The van der Waals surface area contributed by atoms with Gasteiger partial charge in [-0.15, -0.1) is 0 Å². The van der Waals surface area contributed by atoms with E-state index in [0.29, 0.717) is 25.4 Å². The van der Waals surface area contributed by atoms with E-state index in [1.807, 2.05) is 24.3 Å². The first-order valence-electron chi connectivity index (χ1n) is 9.03. The number of nitrogens with zero attached hydrogens (tertiary/aromatic N) is 3. The molecule has 2 aromatic carbocycles. The first-order chi connectivity index (χ1) is 13.8. The van der Waals surface area contributed by atoms with Crippen LogP contribution in [-0.2, 0) is 21.3 Å². The minimum absolute atomic E-state index is 0.0791. The Balaban J connectivity index is 1.97. The van der Waals surface area contributed by atoms with Gasteiger partial charge < -0.3 is 14.4 Å². The topological polar surface area (TPSA) is 102 Å². The van der Waals surface area contributed by atoms with E-state index < -0.39 is 14.9 Å². The van der Waals surface area contributed by atoms with E-state index in [1.165, 1.54) is 16.4 Å². The van der Waals surface area contributed by atoms with Crippen LogP contribution in [0.3, 0.4) is 0 Å². The number of sulfonamides is 1. The molecule has 9 nitrogen and oxygen atoms in total. The molecule has 29 heavy (non-hydrogen) atoms. The monoisotopic (exact) mass is 421 g/mol. The highest BCUT2D eigenvalue weighted by molar-refractivity contribution is 7.89. The molecule has 1 fully saturated rings. The second kappa shape index (κ2) is 8.76. The van der Waals surface area contributed by atoms with Crippen LogP contribution in [0.15, 0.2) is 47.4 Å². The predicted molar refractivity (Wildman–Crippen MR) is 108 cm³/mol. The molecule has 0 spiro atoms. The highest BCUT2D eigenvalue weighted by Gasteiger charge is 2.31. The summed E-state index contributed by atoms with van der Waals surface area (Å²) >= 11 is 0. The third-order valence-electron chi connectivity index (χ3n) is 4.73. The third kappa shape index (κ3) is 4.66. The van der Waals surface area contributed by atoms with Gasteiger partial charge in [-0.3, -0.25) is 10.1 Å². The van der Waals surface area contributed by atoms with Crippen molar-refractivity contribution in [1.29, 1.82) is 0 Å². The van der Waals surface area contributed by atoms with Gasteiger partial charge in [0.1, 0.15) is 10.6 Å². The Kier molecular flexibility index (Phi) is 6.36. The van der Waals surface area contributed by atoms with Gasteiger partial charge in [-0.25, -0.2) is 8.42 Å². The number of hydrogen-bond donors (Lipinski definition) is 0. The van der Waals surface area contributed by atoms with Crippen LogP contribution in [0.1, 0.15) is 5.56 Å². The van der Waals surface area contributed by atoms with Crippen molar-refractivity contribution < 1.29 is 22.8 Å². The smallest absolute Gasteiger partial charge is 0.270 e. The number of hydrogen-bond acceptors (Lipinski definition) is 7. The molecule has 0 amide bonds. The van der Waals surface area contributed by atoms with Crippen molar-refractivity contribution in [2.75, 3.05) is 45.4 Å². The number of rotatable bonds is 7. The number of nitro groups is 1. The maximum atomic E-state index is 13.2. The summed E-state index contributed by atoms with van der Waals surface area (Å²) in [5.74, 6) is 0.724. The molecule has 0 radical (unpaired) electrons. The Morgan fingerprint density at radius 3 is 2.41 bits per heavy atom. The molecule has 0 aromatic heterocycles. The summed E-state index contributed by atoms with van der Waals surface area (Å²) in [4.78, 5) is 12.3. The quantitative estimate of drug-likeness (QED) is 0.499. The van der Waals surface area contributed by atoms with Crippen molar-refractivity contribution in [2.24, 2.45) is 0 Å². The fraction of sp³-hybridized carbons (Fsp3) is 0.368. The lowest BCUT2D eigenvalue weighted by atomic mass is 10.2. The van der Waals surface area contributed by atoms with E-state index in [2.05, 4.69) is 0 Å². The van der Waals surface area contributed by atoms with Gasteiger partial charge in [0.2, 0.25) is 10.0 Å². The summed E-state index contributed by atoms with van der Waals surface area (Å²) in [6, 6.07) is 11.3. The zero-order chi connectivity index (χ0) is 21.0. The molecule has 0 aliphatic carbocycles. The Labute approximate surface area is 169 Å². The summed E-state index contributed by atoms with van der Waals surface area (Å²) in [7, 11) is -0.572. The lowest BCUT2D eigenvalue weighted by Crippen LogP contribution is -2.41. The van der Waals surface area contributed by atoms with Gasteiger partial charge in [-0.05, 0) is 23.8 Å². The largest absolute Gasteiger partial charge is 0.497 e. The van der Waals surface area contributed by atoms with E-state index in [4.69, 9.17) is 9.47 Å². The fourth-order valence-corrected chi connectivity index (χ4v) is 4.82. The van der Waals surface area contributed by atoms with Crippen LogP contribution in [0, 0.1) is 10.1 Å². The number of nitro benzene ring substituents is 1. The predicted octanol–water partition coefficient (Wildman–Crippen LogP) is 2.26. The van der Waals surface area contributed by atoms with E-state index >= 15 is 0 Å². The van der Waals surface area contributed by atoms with Gasteiger partial charge in [-0.1, -0.05) is 12.1 Å². The van der Waals surface area contributed by atoms with Crippen molar-refractivity contribution in [3.8, 4) is 5.75 Å². The summed E-state index contributed by atoms with van der Waals surface area (Å²) in [6.45, 7) is 1.45. The molecule has 1 aliphatic heterocycles. The Bertz CT molecular complexity index is 972. The maximum absolute atomic E-state index is 13.2. The zero-order valence-corrected chi connectivity index (χ0v) is 17.1. The molecule has 0 bridgehead atoms. The zero-order valence-electron chi connectivity index (χ0n) is 16.3. The van der Waals surface area contributed by atoms with Gasteiger partial charge in [0.05, 0.1) is 30.9 Å². The van der Waals surface area contributed by atoms with Gasteiger partial charge in [0.25, 0.3) is 5.69 Å². The fourth-order valence-electron chi connectivity index (χ4n) is 3.15. The number of ether oxygens (including phenoxy) is 2.